The van der Waals surface area contributed by atoms with Crippen LogP contribution < -0.4 is 4.74 Å². The summed E-state index contributed by atoms with van der Waals surface area (Å²) in [5.41, 5.74) is 0. The Bertz CT molecular complexity index is 309. The van der Waals surface area contributed by atoms with Crippen LogP contribution in [-0.4, -0.2) is 0 Å². The molecule has 0 fully saturated rings. The number of ether oxygens (including phenoxy) is 1. The number of hydrogen-bond acceptors (Lipinski definition) is 1. The Balaban J connectivity index is 2.70. The molecule has 1 aromatic carbocycles. The number of rotatable bonds is 4. The molecular formula is C13H16O. The van der Waals surface area contributed by atoms with Gasteiger partial charge in [0.05, 0.1) is 0 Å². The summed E-state index contributed by atoms with van der Waals surface area (Å²) < 4.78 is 5.67. The standard InChI is InChI=1S/C13H16O/c1-3-8-12(9-4-2)14-13-10-6-5-7-11-13/h3,5-11H,4H2,1-2H3/b8-3-,12-9+. The molecule has 0 heterocycles. The van der Waals surface area contributed by atoms with Crippen molar-refractivity contribution in [2.24, 2.45) is 0 Å². The van der Waals surface area contributed by atoms with Gasteiger partial charge in [-0.2, -0.15) is 0 Å². The monoisotopic (exact) mass is 188 g/mol. The predicted molar refractivity (Wildman–Crippen MR) is 60.3 cm³/mol. The molecule has 0 aliphatic heterocycles. The van der Waals surface area contributed by atoms with Gasteiger partial charge in [0.2, 0.25) is 0 Å². The van der Waals surface area contributed by atoms with E-state index in [-0.39, 0.29) is 0 Å². The fourth-order valence-electron chi connectivity index (χ4n) is 1.13. The molecule has 0 amide bonds. The molecule has 14 heavy (non-hydrogen) atoms. The van der Waals surface area contributed by atoms with E-state index in [0.717, 1.165) is 17.9 Å². The minimum Gasteiger partial charge on any atom is -0.458 e. The third-order valence-corrected chi connectivity index (χ3v) is 1.72. The normalized spacial score (nSPS) is 12.0. The highest BCUT2D eigenvalue weighted by molar-refractivity contribution is 5.26. The van der Waals surface area contributed by atoms with Gasteiger partial charge in [-0.25, -0.2) is 0 Å². The summed E-state index contributed by atoms with van der Waals surface area (Å²) >= 11 is 0. The van der Waals surface area contributed by atoms with Crippen LogP contribution in [0.25, 0.3) is 0 Å². The van der Waals surface area contributed by atoms with Crippen molar-refractivity contribution in [2.75, 3.05) is 0 Å². The van der Waals surface area contributed by atoms with Crippen molar-refractivity contribution in [2.45, 2.75) is 20.3 Å². The average molecular weight is 188 g/mol. The molecule has 0 radical (unpaired) electrons. The maximum atomic E-state index is 5.67. The Labute approximate surface area is 85.7 Å². The second-order valence-corrected chi connectivity index (χ2v) is 2.93. The maximum absolute atomic E-state index is 5.67. The Hall–Kier alpha value is -1.50. The van der Waals surface area contributed by atoms with Gasteiger partial charge in [-0.05, 0) is 37.6 Å². The van der Waals surface area contributed by atoms with Gasteiger partial charge in [0.25, 0.3) is 0 Å². The second-order valence-electron chi connectivity index (χ2n) is 2.93. The molecule has 74 valence electrons. The van der Waals surface area contributed by atoms with E-state index in [1.54, 1.807) is 0 Å². The van der Waals surface area contributed by atoms with Gasteiger partial charge in [0.1, 0.15) is 11.5 Å². The molecule has 0 atom stereocenters. The third kappa shape index (κ3) is 3.48. The van der Waals surface area contributed by atoms with Gasteiger partial charge in [-0.15, -0.1) is 0 Å². The number of allylic oxidation sites excluding steroid dienone is 3. The summed E-state index contributed by atoms with van der Waals surface area (Å²) in [5, 5.41) is 0. The zero-order valence-electron chi connectivity index (χ0n) is 8.73. The molecule has 0 unspecified atom stereocenters. The summed E-state index contributed by atoms with van der Waals surface area (Å²) in [6.07, 6.45) is 6.99. The van der Waals surface area contributed by atoms with Crippen LogP contribution in [0.1, 0.15) is 20.3 Å². The van der Waals surface area contributed by atoms with Crippen LogP contribution in [0.5, 0.6) is 5.75 Å². The summed E-state index contributed by atoms with van der Waals surface area (Å²) in [6, 6.07) is 9.81. The maximum Gasteiger partial charge on any atom is 0.127 e. The molecular weight excluding hydrogens is 172 g/mol. The highest BCUT2D eigenvalue weighted by Gasteiger charge is 1.94. The van der Waals surface area contributed by atoms with Crippen LogP contribution in [0.3, 0.4) is 0 Å². The highest BCUT2D eigenvalue weighted by Crippen LogP contribution is 2.13. The molecule has 0 aliphatic rings. The minimum atomic E-state index is 0.880. The van der Waals surface area contributed by atoms with Gasteiger partial charge in [-0.3, -0.25) is 0 Å². The van der Waals surface area contributed by atoms with Crippen molar-refractivity contribution < 1.29 is 4.74 Å². The molecule has 0 saturated carbocycles. The third-order valence-electron chi connectivity index (χ3n) is 1.72. The van der Waals surface area contributed by atoms with Crippen LogP contribution in [0.4, 0.5) is 0 Å². The van der Waals surface area contributed by atoms with E-state index < -0.39 is 0 Å². The summed E-state index contributed by atoms with van der Waals surface area (Å²) in [7, 11) is 0. The van der Waals surface area contributed by atoms with Crippen LogP contribution in [-0.2, 0) is 0 Å². The number of hydrogen-bond donors (Lipinski definition) is 0. The molecule has 0 bridgehead atoms. The zero-order chi connectivity index (χ0) is 10.2. The van der Waals surface area contributed by atoms with Crippen molar-refractivity contribution in [3.05, 3.63) is 54.3 Å². The van der Waals surface area contributed by atoms with E-state index >= 15 is 0 Å². The first kappa shape index (κ1) is 10.6. The fourth-order valence-corrected chi connectivity index (χ4v) is 1.13. The Morgan fingerprint density at radius 1 is 1.29 bits per heavy atom. The predicted octanol–water partition coefficient (Wildman–Crippen LogP) is 3.94. The van der Waals surface area contributed by atoms with E-state index in [1.165, 1.54) is 0 Å². The highest BCUT2D eigenvalue weighted by atomic mass is 16.5. The van der Waals surface area contributed by atoms with Gasteiger partial charge in [-0.1, -0.05) is 31.2 Å². The summed E-state index contributed by atoms with van der Waals surface area (Å²) in [4.78, 5) is 0. The van der Waals surface area contributed by atoms with E-state index in [0.29, 0.717) is 0 Å². The molecule has 1 heteroatoms. The van der Waals surface area contributed by atoms with Crippen molar-refractivity contribution >= 4 is 0 Å². The topological polar surface area (TPSA) is 9.23 Å². The molecule has 0 spiro atoms. The van der Waals surface area contributed by atoms with E-state index in [9.17, 15) is 0 Å². The lowest BCUT2D eigenvalue weighted by atomic mass is 10.3. The average Bonchev–Trinajstić information content (AvgIpc) is 2.20. The first-order valence-corrected chi connectivity index (χ1v) is 4.92. The van der Waals surface area contributed by atoms with Crippen LogP contribution >= 0.6 is 0 Å². The van der Waals surface area contributed by atoms with Crippen molar-refractivity contribution in [1.82, 2.24) is 0 Å². The largest absolute Gasteiger partial charge is 0.458 e. The second kappa shape index (κ2) is 6.03. The lowest BCUT2D eigenvalue weighted by Crippen LogP contribution is -1.91. The van der Waals surface area contributed by atoms with Crippen LogP contribution in [0.2, 0.25) is 0 Å². The van der Waals surface area contributed by atoms with Gasteiger partial charge in [0, 0.05) is 0 Å². The van der Waals surface area contributed by atoms with Crippen molar-refractivity contribution in [1.29, 1.82) is 0 Å². The summed E-state index contributed by atoms with van der Waals surface area (Å²) in [6.45, 7) is 4.08. The zero-order valence-corrected chi connectivity index (χ0v) is 8.73. The van der Waals surface area contributed by atoms with Crippen LogP contribution in [0.15, 0.2) is 54.3 Å². The fraction of sp³-hybridized carbons (Fsp3) is 0.231. The lowest BCUT2D eigenvalue weighted by Gasteiger charge is -2.05. The molecule has 0 aliphatic carbocycles. The smallest absolute Gasteiger partial charge is 0.127 e. The molecule has 1 nitrogen and oxygen atoms in total. The first-order valence-electron chi connectivity index (χ1n) is 4.92. The quantitative estimate of drug-likeness (QED) is 0.513. The van der Waals surface area contributed by atoms with Crippen molar-refractivity contribution in [3.63, 3.8) is 0 Å². The first-order chi connectivity index (χ1) is 6.86. The van der Waals surface area contributed by atoms with Gasteiger partial charge < -0.3 is 4.74 Å². The SMILES string of the molecule is C/C=C\C(=C/CC)Oc1ccccc1. The van der Waals surface area contributed by atoms with E-state index in [1.807, 2.05) is 49.4 Å². The van der Waals surface area contributed by atoms with Gasteiger partial charge >= 0.3 is 0 Å². The molecule has 0 saturated heterocycles. The molecule has 1 rings (SSSR count). The summed E-state index contributed by atoms with van der Waals surface area (Å²) in [5.74, 6) is 1.78. The number of para-hydroxylation sites is 1. The van der Waals surface area contributed by atoms with Crippen molar-refractivity contribution in [3.8, 4) is 5.75 Å². The molecule has 1 aromatic rings. The Kier molecular flexibility index (Phi) is 4.56. The van der Waals surface area contributed by atoms with Gasteiger partial charge in [0.15, 0.2) is 0 Å². The molecule has 0 N–H and O–H groups in total. The van der Waals surface area contributed by atoms with Crippen LogP contribution in [0, 0.1) is 0 Å². The lowest BCUT2D eigenvalue weighted by molar-refractivity contribution is 0.442. The Morgan fingerprint density at radius 3 is 2.57 bits per heavy atom. The minimum absolute atomic E-state index is 0.880. The number of benzene rings is 1. The Morgan fingerprint density at radius 2 is 2.00 bits per heavy atom. The van der Waals surface area contributed by atoms with E-state index in [2.05, 4.69) is 13.0 Å². The molecule has 0 aromatic heterocycles. The van der Waals surface area contributed by atoms with E-state index in [4.69, 9.17) is 4.74 Å².